The largest absolute Gasteiger partial charge is 0.478 e. The lowest BCUT2D eigenvalue weighted by molar-refractivity contribution is -0.137. The van der Waals surface area contributed by atoms with Gasteiger partial charge in [-0.2, -0.15) is 13.2 Å². The third-order valence-corrected chi connectivity index (χ3v) is 2.24. The minimum Gasteiger partial charge on any atom is -0.478 e. The van der Waals surface area contributed by atoms with Crippen molar-refractivity contribution in [3.05, 3.63) is 29.3 Å². The molecule has 0 spiro atoms. The van der Waals surface area contributed by atoms with E-state index in [1.807, 2.05) is 5.32 Å². The van der Waals surface area contributed by atoms with Gasteiger partial charge in [0, 0.05) is 0 Å². The van der Waals surface area contributed by atoms with Crippen LogP contribution in [0.5, 0.6) is 0 Å². The first-order valence-corrected chi connectivity index (χ1v) is 5.39. The number of carbonyl (C=O) groups excluding carboxylic acids is 1. The number of hydrogen-bond donors (Lipinski definition) is 3. The third-order valence-electron chi connectivity index (χ3n) is 2.24. The van der Waals surface area contributed by atoms with Crippen molar-refractivity contribution in [1.29, 1.82) is 0 Å². The quantitative estimate of drug-likeness (QED) is 0.748. The normalized spacial score (nSPS) is 11.3. The number of carbonyl (C=O) groups is 2. The minimum absolute atomic E-state index is 0.338. The van der Waals surface area contributed by atoms with Crippen molar-refractivity contribution in [2.75, 3.05) is 11.9 Å². The van der Waals surface area contributed by atoms with Crippen molar-refractivity contribution in [2.45, 2.75) is 12.6 Å². The highest BCUT2D eigenvalue weighted by molar-refractivity contribution is 6.00. The fraction of sp³-hybridized carbons (Fsp3) is 0.273. The molecule has 0 aliphatic heterocycles. The Labute approximate surface area is 114 Å². The van der Waals surface area contributed by atoms with Crippen molar-refractivity contribution < 1.29 is 36.6 Å². The number of rotatable bonds is 4. The van der Waals surface area contributed by atoms with Crippen LogP contribution in [-0.4, -0.2) is 30.1 Å². The van der Waals surface area contributed by atoms with Gasteiger partial charge in [0.1, 0.15) is 0 Å². The van der Waals surface area contributed by atoms with E-state index >= 15 is 0 Å². The summed E-state index contributed by atoms with van der Waals surface area (Å²) in [5.74, 6) is -1.70. The molecule has 10 heteroatoms. The fourth-order valence-corrected chi connectivity index (χ4v) is 1.34. The first-order valence-electron chi connectivity index (χ1n) is 5.39. The van der Waals surface area contributed by atoms with Gasteiger partial charge in [-0.25, -0.2) is 18.4 Å². The SMILES string of the molecule is O=C(NCC(F)F)Nc1ccc(C(F)(F)F)cc1C(=O)O. The molecule has 21 heavy (non-hydrogen) atoms. The Hall–Kier alpha value is -2.39. The summed E-state index contributed by atoms with van der Waals surface area (Å²) < 4.78 is 61.1. The molecule has 0 fully saturated rings. The second-order valence-corrected chi connectivity index (χ2v) is 3.79. The van der Waals surface area contributed by atoms with Gasteiger partial charge in [0.2, 0.25) is 0 Å². The molecule has 0 bridgehead atoms. The van der Waals surface area contributed by atoms with Gasteiger partial charge < -0.3 is 15.7 Å². The van der Waals surface area contributed by atoms with Gasteiger partial charge in [0.25, 0.3) is 6.43 Å². The molecule has 3 N–H and O–H groups in total. The van der Waals surface area contributed by atoms with Crippen LogP contribution in [0.4, 0.5) is 32.4 Å². The number of amides is 2. The van der Waals surface area contributed by atoms with E-state index in [9.17, 15) is 31.5 Å². The summed E-state index contributed by atoms with van der Waals surface area (Å²) in [6.45, 7) is -0.977. The summed E-state index contributed by atoms with van der Waals surface area (Å²) in [7, 11) is 0. The van der Waals surface area contributed by atoms with Crippen LogP contribution in [0, 0.1) is 0 Å². The van der Waals surface area contributed by atoms with Gasteiger partial charge in [-0.05, 0) is 18.2 Å². The maximum Gasteiger partial charge on any atom is 0.416 e. The van der Waals surface area contributed by atoms with Gasteiger partial charge >= 0.3 is 18.2 Å². The number of aromatic carboxylic acids is 1. The van der Waals surface area contributed by atoms with E-state index in [4.69, 9.17) is 5.11 Å². The molecular weight excluding hydrogens is 303 g/mol. The van der Waals surface area contributed by atoms with Crippen LogP contribution >= 0.6 is 0 Å². The number of alkyl halides is 5. The van der Waals surface area contributed by atoms with E-state index in [0.29, 0.717) is 12.1 Å². The van der Waals surface area contributed by atoms with E-state index in [2.05, 4.69) is 0 Å². The van der Waals surface area contributed by atoms with Crippen LogP contribution in [0.3, 0.4) is 0 Å². The van der Waals surface area contributed by atoms with Gasteiger partial charge in [0.05, 0.1) is 23.4 Å². The molecule has 0 aromatic heterocycles. The van der Waals surface area contributed by atoms with Gasteiger partial charge in [-0.15, -0.1) is 0 Å². The highest BCUT2D eigenvalue weighted by Crippen LogP contribution is 2.31. The molecule has 1 aromatic carbocycles. The molecule has 0 atom stereocenters. The van der Waals surface area contributed by atoms with E-state index in [1.165, 1.54) is 0 Å². The summed E-state index contributed by atoms with van der Waals surface area (Å²) in [4.78, 5) is 22.1. The van der Waals surface area contributed by atoms with Crippen molar-refractivity contribution >= 4 is 17.7 Å². The number of carboxylic acids is 1. The molecule has 0 aliphatic rings. The van der Waals surface area contributed by atoms with E-state index in [-0.39, 0.29) is 0 Å². The summed E-state index contributed by atoms with van der Waals surface area (Å²) in [6.07, 6.45) is -7.57. The second kappa shape index (κ2) is 6.37. The topological polar surface area (TPSA) is 78.4 Å². The summed E-state index contributed by atoms with van der Waals surface area (Å²) in [6, 6.07) is 0.478. The average Bonchev–Trinajstić information content (AvgIpc) is 2.35. The fourth-order valence-electron chi connectivity index (χ4n) is 1.34. The lowest BCUT2D eigenvalue weighted by Crippen LogP contribution is -2.33. The standard InChI is InChI=1S/C11H9F5N2O3/c12-8(13)4-17-10(21)18-7-2-1-5(11(14,15)16)3-6(7)9(19)20/h1-3,8H,4H2,(H,19,20)(H2,17,18,21). The lowest BCUT2D eigenvalue weighted by atomic mass is 10.1. The molecule has 0 radical (unpaired) electrons. The third kappa shape index (κ3) is 4.89. The molecule has 0 unspecified atom stereocenters. The Morgan fingerprint density at radius 2 is 1.86 bits per heavy atom. The van der Waals surface area contributed by atoms with Crippen LogP contribution in [0.1, 0.15) is 15.9 Å². The Morgan fingerprint density at radius 3 is 2.33 bits per heavy atom. The highest BCUT2D eigenvalue weighted by Gasteiger charge is 2.32. The first kappa shape index (κ1) is 16.7. The van der Waals surface area contributed by atoms with E-state index in [1.54, 1.807) is 5.32 Å². The molecule has 1 aromatic rings. The number of anilines is 1. The van der Waals surface area contributed by atoms with E-state index < -0.39 is 48.0 Å². The number of hydrogen-bond acceptors (Lipinski definition) is 2. The zero-order valence-electron chi connectivity index (χ0n) is 10.2. The van der Waals surface area contributed by atoms with Crippen LogP contribution in [0.25, 0.3) is 0 Å². The van der Waals surface area contributed by atoms with Crippen molar-refractivity contribution in [3.63, 3.8) is 0 Å². The molecule has 0 heterocycles. The predicted molar refractivity (Wildman–Crippen MR) is 61.4 cm³/mol. The van der Waals surface area contributed by atoms with Crippen LogP contribution in [0.15, 0.2) is 18.2 Å². The predicted octanol–water partition coefficient (Wildman–Crippen LogP) is 2.79. The Bertz CT molecular complexity index is 545. The molecule has 0 saturated carbocycles. The molecular formula is C11H9F5N2O3. The van der Waals surface area contributed by atoms with Gasteiger partial charge in [-0.1, -0.05) is 0 Å². The van der Waals surface area contributed by atoms with Crippen molar-refractivity contribution in [2.24, 2.45) is 0 Å². The number of benzene rings is 1. The van der Waals surface area contributed by atoms with E-state index in [0.717, 1.165) is 6.07 Å². The van der Waals surface area contributed by atoms with Crippen molar-refractivity contribution in [3.8, 4) is 0 Å². The number of halogens is 5. The van der Waals surface area contributed by atoms with Crippen LogP contribution in [0.2, 0.25) is 0 Å². The molecule has 1 rings (SSSR count). The summed E-state index contributed by atoms with van der Waals surface area (Å²) in [5, 5.41) is 12.4. The van der Waals surface area contributed by atoms with Gasteiger partial charge in [-0.3, -0.25) is 0 Å². The lowest BCUT2D eigenvalue weighted by Gasteiger charge is -2.12. The summed E-state index contributed by atoms with van der Waals surface area (Å²) in [5.41, 5.74) is -2.46. The zero-order chi connectivity index (χ0) is 16.2. The average molecular weight is 312 g/mol. The molecule has 0 aliphatic carbocycles. The van der Waals surface area contributed by atoms with Crippen LogP contribution in [-0.2, 0) is 6.18 Å². The minimum atomic E-state index is -4.75. The molecule has 0 saturated heterocycles. The van der Waals surface area contributed by atoms with Gasteiger partial charge in [0.15, 0.2) is 0 Å². The Morgan fingerprint density at radius 1 is 1.24 bits per heavy atom. The molecule has 116 valence electrons. The molecule has 2 amide bonds. The second-order valence-electron chi connectivity index (χ2n) is 3.79. The first-order chi connectivity index (χ1) is 9.61. The molecule has 5 nitrogen and oxygen atoms in total. The Balaban J connectivity index is 2.97. The number of carboxylic acid groups (broad SMARTS) is 1. The summed E-state index contributed by atoms with van der Waals surface area (Å²) >= 11 is 0. The zero-order valence-corrected chi connectivity index (χ0v) is 10.2. The smallest absolute Gasteiger partial charge is 0.416 e. The van der Waals surface area contributed by atoms with Crippen molar-refractivity contribution in [1.82, 2.24) is 5.32 Å². The monoisotopic (exact) mass is 312 g/mol. The highest BCUT2D eigenvalue weighted by atomic mass is 19.4. The number of nitrogens with one attached hydrogen (secondary N) is 2. The Kier molecular flexibility index (Phi) is 5.06. The maximum atomic E-state index is 12.5. The van der Waals surface area contributed by atoms with Crippen LogP contribution < -0.4 is 10.6 Å². The number of urea groups is 1. The maximum absolute atomic E-state index is 12.5.